The highest BCUT2D eigenvalue weighted by Gasteiger charge is 2.13. The molecule has 0 radical (unpaired) electrons. The maximum atomic E-state index is 4.04. The summed E-state index contributed by atoms with van der Waals surface area (Å²) in [5.41, 5.74) is 1.29. The number of hydrogen-bond acceptors (Lipinski definition) is 3. The minimum atomic E-state index is 0.714. The second kappa shape index (κ2) is 4.42. The molecule has 1 saturated heterocycles. The van der Waals surface area contributed by atoms with Gasteiger partial charge in [0.15, 0.2) is 0 Å². The first-order valence-electron chi connectivity index (χ1n) is 5.22. The molecule has 0 aromatic carbocycles. The molecule has 3 nitrogen and oxygen atoms in total. The molecule has 1 atom stereocenters. The van der Waals surface area contributed by atoms with Crippen LogP contribution in [0.2, 0.25) is 0 Å². The van der Waals surface area contributed by atoms with Crippen molar-refractivity contribution in [1.29, 1.82) is 0 Å². The van der Waals surface area contributed by atoms with E-state index in [1.165, 1.54) is 5.69 Å². The Labute approximate surface area is 85.1 Å². The average molecular weight is 191 g/mol. The SMILES string of the molecule is CC1CNCCN(c2ccncc2)C1. The van der Waals surface area contributed by atoms with Crippen LogP contribution in [-0.4, -0.2) is 31.2 Å². The molecule has 3 heteroatoms. The summed E-state index contributed by atoms with van der Waals surface area (Å²) < 4.78 is 0. The van der Waals surface area contributed by atoms with Gasteiger partial charge in [-0.1, -0.05) is 6.92 Å². The molecular weight excluding hydrogens is 174 g/mol. The average Bonchev–Trinajstić information content (AvgIpc) is 2.44. The zero-order valence-corrected chi connectivity index (χ0v) is 8.61. The van der Waals surface area contributed by atoms with Crippen LogP contribution in [0.1, 0.15) is 6.92 Å². The van der Waals surface area contributed by atoms with Gasteiger partial charge < -0.3 is 10.2 Å². The summed E-state index contributed by atoms with van der Waals surface area (Å²) in [5, 5.41) is 3.44. The van der Waals surface area contributed by atoms with Crippen molar-refractivity contribution in [1.82, 2.24) is 10.3 Å². The summed E-state index contributed by atoms with van der Waals surface area (Å²) in [6.07, 6.45) is 3.72. The van der Waals surface area contributed by atoms with Gasteiger partial charge in [0, 0.05) is 37.7 Å². The second-order valence-electron chi connectivity index (χ2n) is 3.96. The third kappa shape index (κ3) is 2.23. The number of anilines is 1. The van der Waals surface area contributed by atoms with Crippen LogP contribution in [-0.2, 0) is 0 Å². The molecule has 1 aliphatic heterocycles. The van der Waals surface area contributed by atoms with Gasteiger partial charge in [-0.05, 0) is 24.6 Å². The summed E-state index contributed by atoms with van der Waals surface area (Å²) in [7, 11) is 0. The van der Waals surface area contributed by atoms with Gasteiger partial charge in [-0.3, -0.25) is 4.98 Å². The Morgan fingerprint density at radius 1 is 1.43 bits per heavy atom. The highest BCUT2D eigenvalue weighted by atomic mass is 15.2. The van der Waals surface area contributed by atoms with E-state index < -0.39 is 0 Å². The molecule has 2 rings (SSSR count). The van der Waals surface area contributed by atoms with Gasteiger partial charge in [-0.25, -0.2) is 0 Å². The fourth-order valence-electron chi connectivity index (χ4n) is 1.88. The highest BCUT2D eigenvalue weighted by molar-refractivity contribution is 5.44. The van der Waals surface area contributed by atoms with E-state index in [-0.39, 0.29) is 0 Å². The van der Waals surface area contributed by atoms with E-state index in [1.54, 1.807) is 0 Å². The molecular formula is C11H17N3. The fraction of sp³-hybridized carbons (Fsp3) is 0.545. The van der Waals surface area contributed by atoms with Crippen LogP contribution >= 0.6 is 0 Å². The third-order valence-electron chi connectivity index (χ3n) is 2.61. The first-order valence-corrected chi connectivity index (χ1v) is 5.22. The molecule has 0 bridgehead atoms. The van der Waals surface area contributed by atoms with E-state index >= 15 is 0 Å². The number of rotatable bonds is 1. The van der Waals surface area contributed by atoms with E-state index in [1.807, 2.05) is 12.4 Å². The van der Waals surface area contributed by atoms with Crippen molar-refractivity contribution in [2.75, 3.05) is 31.1 Å². The lowest BCUT2D eigenvalue weighted by Crippen LogP contribution is -2.29. The maximum Gasteiger partial charge on any atom is 0.0397 e. The smallest absolute Gasteiger partial charge is 0.0397 e. The van der Waals surface area contributed by atoms with Gasteiger partial charge in [0.1, 0.15) is 0 Å². The molecule has 2 heterocycles. The van der Waals surface area contributed by atoms with Gasteiger partial charge in [0.25, 0.3) is 0 Å². The van der Waals surface area contributed by atoms with Crippen LogP contribution in [0.3, 0.4) is 0 Å². The number of aromatic nitrogens is 1. The monoisotopic (exact) mass is 191 g/mol. The second-order valence-corrected chi connectivity index (χ2v) is 3.96. The van der Waals surface area contributed by atoms with Crippen LogP contribution in [0.15, 0.2) is 24.5 Å². The van der Waals surface area contributed by atoms with E-state index in [0.717, 1.165) is 26.2 Å². The lowest BCUT2D eigenvalue weighted by atomic mass is 10.1. The summed E-state index contributed by atoms with van der Waals surface area (Å²) in [6.45, 7) is 6.71. The van der Waals surface area contributed by atoms with Crippen LogP contribution in [0.25, 0.3) is 0 Å². The zero-order chi connectivity index (χ0) is 9.80. The summed E-state index contributed by atoms with van der Waals surface area (Å²) in [4.78, 5) is 6.46. The molecule has 14 heavy (non-hydrogen) atoms. The standard InChI is InChI=1S/C11H17N3/c1-10-8-13-6-7-14(9-10)11-2-4-12-5-3-11/h2-5,10,13H,6-9H2,1H3. The molecule has 1 unspecified atom stereocenters. The molecule has 1 N–H and O–H groups in total. The van der Waals surface area contributed by atoms with Crippen molar-refractivity contribution in [3.8, 4) is 0 Å². The Kier molecular flexibility index (Phi) is 2.99. The van der Waals surface area contributed by atoms with Crippen molar-refractivity contribution in [3.63, 3.8) is 0 Å². The lowest BCUT2D eigenvalue weighted by molar-refractivity contribution is 0.564. The van der Waals surface area contributed by atoms with Crippen molar-refractivity contribution in [2.45, 2.75) is 6.92 Å². The Hall–Kier alpha value is -1.09. The van der Waals surface area contributed by atoms with Gasteiger partial charge in [-0.15, -0.1) is 0 Å². The van der Waals surface area contributed by atoms with Crippen LogP contribution in [0.4, 0.5) is 5.69 Å². The quantitative estimate of drug-likeness (QED) is 0.721. The minimum Gasteiger partial charge on any atom is -0.370 e. The largest absolute Gasteiger partial charge is 0.370 e. The topological polar surface area (TPSA) is 28.2 Å². The Bertz CT molecular complexity index is 273. The first-order chi connectivity index (χ1) is 6.86. The van der Waals surface area contributed by atoms with Crippen molar-refractivity contribution in [3.05, 3.63) is 24.5 Å². The van der Waals surface area contributed by atoms with E-state index in [9.17, 15) is 0 Å². The predicted molar refractivity (Wildman–Crippen MR) is 58.5 cm³/mol. The number of pyridine rings is 1. The summed E-state index contributed by atoms with van der Waals surface area (Å²) in [6, 6.07) is 4.16. The maximum absolute atomic E-state index is 4.04. The Morgan fingerprint density at radius 3 is 3.00 bits per heavy atom. The van der Waals surface area contributed by atoms with E-state index in [4.69, 9.17) is 0 Å². The number of nitrogens with one attached hydrogen (secondary N) is 1. The zero-order valence-electron chi connectivity index (χ0n) is 8.61. The molecule has 1 fully saturated rings. The molecule has 0 saturated carbocycles. The van der Waals surface area contributed by atoms with Crippen molar-refractivity contribution < 1.29 is 0 Å². The number of nitrogens with zero attached hydrogens (tertiary/aromatic N) is 2. The van der Waals surface area contributed by atoms with Gasteiger partial charge >= 0.3 is 0 Å². The highest BCUT2D eigenvalue weighted by Crippen LogP contribution is 2.14. The van der Waals surface area contributed by atoms with Crippen molar-refractivity contribution in [2.24, 2.45) is 5.92 Å². The molecule has 1 aromatic heterocycles. The molecule has 0 spiro atoms. The van der Waals surface area contributed by atoms with E-state index in [0.29, 0.717) is 5.92 Å². The fourth-order valence-corrected chi connectivity index (χ4v) is 1.88. The first kappa shape index (κ1) is 9.46. The Balaban J connectivity index is 2.09. The minimum absolute atomic E-state index is 0.714. The molecule has 76 valence electrons. The van der Waals surface area contributed by atoms with Crippen molar-refractivity contribution >= 4 is 5.69 Å². The lowest BCUT2D eigenvalue weighted by Gasteiger charge is -2.24. The van der Waals surface area contributed by atoms with Gasteiger partial charge in [0.2, 0.25) is 0 Å². The van der Waals surface area contributed by atoms with Gasteiger partial charge in [0.05, 0.1) is 0 Å². The number of hydrogen-bond donors (Lipinski definition) is 1. The summed E-state index contributed by atoms with van der Waals surface area (Å²) in [5.74, 6) is 0.714. The summed E-state index contributed by atoms with van der Waals surface area (Å²) >= 11 is 0. The molecule has 1 aromatic rings. The van der Waals surface area contributed by atoms with Crippen LogP contribution in [0, 0.1) is 5.92 Å². The van der Waals surface area contributed by atoms with Crippen LogP contribution < -0.4 is 10.2 Å². The molecule has 0 amide bonds. The molecule has 0 aliphatic carbocycles. The van der Waals surface area contributed by atoms with Gasteiger partial charge in [-0.2, -0.15) is 0 Å². The third-order valence-corrected chi connectivity index (χ3v) is 2.61. The molecule has 1 aliphatic rings. The normalized spacial score (nSPS) is 23.2. The van der Waals surface area contributed by atoms with Crippen LogP contribution in [0.5, 0.6) is 0 Å². The Morgan fingerprint density at radius 2 is 2.21 bits per heavy atom. The predicted octanol–water partition coefficient (Wildman–Crippen LogP) is 1.13. The van der Waals surface area contributed by atoms with E-state index in [2.05, 4.69) is 34.3 Å².